The van der Waals surface area contributed by atoms with Crippen molar-refractivity contribution in [3.8, 4) is 11.1 Å². The normalized spacial score (nSPS) is 17.0. The predicted molar refractivity (Wildman–Crippen MR) is 243 cm³/mol. The number of hydrogen-bond acceptors (Lipinski definition) is 8. The number of amides is 2. The number of fused-ring (bicyclic) bond motifs is 5. The fourth-order valence-corrected chi connectivity index (χ4v) is 7.71. The number of nitrogens with one attached hydrogen (secondary N) is 4. The molecule has 320 valence electrons. The lowest BCUT2D eigenvalue weighted by atomic mass is 9.89. The van der Waals surface area contributed by atoms with E-state index in [2.05, 4.69) is 97.5 Å². The zero-order valence-corrected chi connectivity index (χ0v) is 36.0. The Morgan fingerprint density at radius 1 is 0.948 bits per heavy atom. The summed E-state index contributed by atoms with van der Waals surface area (Å²) in [6.45, 7) is 20.9. The molecule has 2 aromatic carbocycles. The number of benzene rings is 2. The minimum absolute atomic E-state index is 0.164. The van der Waals surface area contributed by atoms with E-state index in [1.165, 1.54) is 81.5 Å². The quantitative estimate of drug-likeness (QED) is 0.0494. The summed E-state index contributed by atoms with van der Waals surface area (Å²) >= 11 is 0. The number of anilines is 1. The lowest BCUT2D eigenvalue weighted by Gasteiger charge is -2.35. The second kappa shape index (κ2) is 25.6. The predicted octanol–water partition coefficient (Wildman–Crippen LogP) is 8.08. The topological polar surface area (TPSA) is 158 Å². The molecule has 10 nitrogen and oxygen atoms in total. The summed E-state index contributed by atoms with van der Waals surface area (Å²) in [5.74, 6) is -0.593. The molecule has 0 saturated heterocycles. The molecule has 58 heavy (non-hydrogen) atoms. The number of nitrogens with two attached hydrogens (primary N) is 2. The summed E-state index contributed by atoms with van der Waals surface area (Å²) in [6.07, 6.45) is 18.6. The summed E-state index contributed by atoms with van der Waals surface area (Å²) in [7, 11) is 1.95. The Morgan fingerprint density at radius 3 is 2.21 bits per heavy atom. The summed E-state index contributed by atoms with van der Waals surface area (Å²) in [6, 6.07) is 12.9. The van der Waals surface area contributed by atoms with Crippen molar-refractivity contribution >= 4 is 17.5 Å². The van der Waals surface area contributed by atoms with Crippen LogP contribution in [0.3, 0.4) is 0 Å². The third kappa shape index (κ3) is 15.9. The molecule has 0 radical (unpaired) electrons. The number of unbranched alkanes of at least 4 members (excludes halogenated alkanes) is 10. The third-order valence-corrected chi connectivity index (χ3v) is 11.2. The molecule has 1 heterocycles. The van der Waals surface area contributed by atoms with E-state index in [9.17, 15) is 14.7 Å². The van der Waals surface area contributed by atoms with Gasteiger partial charge in [0.1, 0.15) is 0 Å². The highest BCUT2D eigenvalue weighted by molar-refractivity contribution is 5.86. The van der Waals surface area contributed by atoms with Gasteiger partial charge < -0.3 is 42.7 Å². The zero-order chi connectivity index (χ0) is 42.5. The van der Waals surface area contributed by atoms with E-state index in [0.29, 0.717) is 24.6 Å². The minimum atomic E-state index is -0.510. The Morgan fingerprint density at radius 2 is 1.59 bits per heavy atom. The standard InChI is InChI=1S/C46H70N6O3.C2H5N/c1-7-8-9-10-11-12-13-14-15-16-17-18-39(31-53)46(55)50-30-44(54)49-29-34(4)52(6)45-35(5)48-28-33(3)51-32(2)25-36-19-24-43(47)42(26-36)41-27-38(45)22-23-40(41)37-20-21-37;1-2-3/h19,22-24,26-27,32,37,39,45,48,51,53H,3-5,7-18,20-21,25,28-31,47H2,1-2,6H3,(H,49,54)(H,50,55);2H,1,3H2/t32?,39?,45-;/m1./s1. The van der Waals surface area contributed by atoms with Crippen LogP contribution < -0.4 is 32.7 Å². The third-order valence-electron chi connectivity index (χ3n) is 11.2. The fraction of sp³-hybridized carbons (Fsp3) is 0.542. The molecule has 9 N–H and O–H groups in total. The first-order chi connectivity index (χ1) is 27.9. The van der Waals surface area contributed by atoms with Crippen molar-refractivity contribution in [2.75, 3.05) is 39.0 Å². The lowest BCUT2D eigenvalue weighted by Crippen LogP contribution is -2.42. The zero-order valence-electron chi connectivity index (χ0n) is 36.0. The molecular weight excluding hydrogens is 723 g/mol. The summed E-state index contributed by atoms with van der Waals surface area (Å²) in [4.78, 5) is 27.8. The average molecular weight is 798 g/mol. The van der Waals surface area contributed by atoms with E-state index in [4.69, 9.17) is 5.73 Å². The van der Waals surface area contributed by atoms with Crippen LogP contribution in [0.15, 0.2) is 86.0 Å². The van der Waals surface area contributed by atoms with Crippen LogP contribution in [0.5, 0.6) is 0 Å². The van der Waals surface area contributed by atoms with Crippen LogP contribution in [0.2, 0.25) is 0 Å². The van der Waals surface area contributed by atoms with E-state index >= 15 is 0 Å². The summed E-state index contributed by atoms with van der Waals surface area (Å²) in [5.41, 5.74) is 20.1. The van der Waals surface area contributed by atoms with Crippen LogP contribution in [0, 0.1) is 5.92 Å². The number of nitrogen functional groups attached to an aromatic ring is 1. The molecule has 0 spiro atoms. The maximum atomic E-state index is 12.9. The van der Waals surface area contributed by atoms with Gasteiger partial charge in [-0.2, -0.15) is 0 Å². The van der Waals surface area contributed by atoms with Crippen LogP contribution in [0.1, 0.15) is 132 Å². The average Bonchev–Trinajstić information content (AvgIpc) is 4.05. The fourth-order valence-electron chi connectivity index (χ4n) is 7.71. The van der Waals surface area contributed by atoms with Crippen molar-refractivity contribution in [3.05, 3.63) is 103 Å². The van der Waals surface area contributed by atoms with Gasteiger partial charge in [-0.1, -0.05) is 122 Å². The number of rotatable bonds is 21. The van der Waals surface area contributed by atoms with Crippen LogP contribution in [-0.4, -0.2) is 61.2 Å². The monoisotopic (exact) mass is 798 g/mol. The van der Waals surface area contributed by atoms with Crippen molar-refractivity contribution in [2.45, 2.75) is 128 Å². The highest BCUT2D eigenvalue weighted by atomic mass is 16.3. The number of aliphatic hydroxyl groups is 1. The van der Waals surface area contributed by atoms with E-state index in [1.54, 1.807) is 0 Å². The summed E-state index contributed by atoms with van der Waals surface area (Å²) in [5, 5.41) is 22.6. The van der Waals surface area contributed by atoms with Gasteiger partial charge in [-0.05, 0) is 85.2 Å². The van der Waals surface area contributed by atoms with Crippen LogP contribution in [-0.2, 0) is 16.0 Å². The number of aliphatic hydroxyl groups excluding tert-OH is 1. The largest absolute Gasteiger partial charge is 0.405 e. The van der Waals surface area contributed by atoms with E-state index in [0.717, 1.165) is 59.5 Å². The van der Waals surface area contributed by atoms with E-state index < -0.39 is 5.92 Å². The van der Waals surface area contributed by atoms with Gasteiger partial charge in [-0.3, -0.25) is 9.59 Å². The Balaban J connectivity index is 0.00000291. The van der Waals surface area contributed by atoms with Crippen molar-refractivity contribution < 1.29 is 14.7 Å². The van der Waals surface area contributed by atoms with Crippen molar-refractivity contribution in [2.24, 2.45) is 11.7 Å². The number of carbonyl (C=O) groups is 2. The molecule has 4 rings (SSSR count). The first kappa shape index (κ1) is 47.7. The molecule has 1 aliphatic heterocycles. The first-order valence-electron chi connectivity index (χ1n) is 21.7. The molecule has 4 bridgehead atoms. The minimum Gasteiger partial charge on any atom is -0.405 e. The molecule has 2 unspecified atom stereocenters. The van der Waals surface area contributed by atoms with Gasteiger partial charge >= 0.3 is 0 Å². The molecular formula is C48H75N7O3. The molecule has 2 amide bonds. The highest BCUT2D eigenvalue weighted by Crippen LogP contribution is 2.47. The molecule has 0 aromatic heterocycles. The van der Waals surface area contributed by atoms with Crippen molar-refractivity contribution in [3.63, 3.8) is 0 Å². The van der Waals surface area contributed by atoms with E-state index in [-0.39, 0.29) is 43.6 Å². The van der Waals surface area contributed by atoms with Gasteiger partial charge in [-0.25, -0.2) is 0 Å². The van der Waals surface area contributed by atoms with E-state index in [1.807, 2.05) is 18.0 Å². The Kier molecular flexibility index (Phi) is 21.1. The Bertz CT molecular complexity index is 1650. The first-order valence-corrected chi connectivity index (χ1v) is 21.7. The lowest BCUT2D eigenvalue weighted by molar-refractivity contribution is -0.129. The molecule has 3 atom stereocenters. The smallest absolute Gasteiger partial charge is 0.239 e. The van der Waals surface area contributed by atoms with Crippen LogP contribution >= 0.6 is 0 Å². The van der Waals surface area contributed by atoms with Gasteiger partial charge in [0.25, 0.3) is 0 Å². The van der Waals surface area contributed by atoms with Crippen molar-refractivity contribution in [1.82, 2.24) is 26.2 Å². The molecule has 2 aliphatic rings. The number of likely N-dealkylation sites (N-methyl/N-ethyl adjacent to an activating group) is 1. The maximum absolute atomic E-state index is 12.9. The van der Waals surface area contributed by atoms with Crippen molar-refractivity contribution in [1.29, 1.82) is 0 Å². The number of hydrogen-bond donors (Lipinski definition) is 7. The molecule has 1 fully saturated rings. The van der Waals surface area contributed by atoms with Crippen LogP contribution in [0.25, 0.3) is 11.1 Å². The molecule has 1 saturated carbocycles. The van der Waals surface area contributed by atoms with Crippen LogP contribution in [0.4, 0.5) is 5.69 Å². The second-order valence-corrected chi connectivity index (χ2v) is 16.3. The second-order valence-electron chi connectivity index (χ2n) is 16.3. The molecule has 2 aromatic rings. The highest BCUT2D eigenvalue weighted by Gasteiger charge is 2.30. The van der Waals surface area contributed by atoms with Gasteiger partial charge in [0, 0.05) is 41.4 Å². The number of nitrogens with zero attached hydrogens (tertiary/aromatic N) is 1. The SMILES string of the molecule is C=C1CNC(=C)[C@@H](N(C)C(=C)CNC(=O)CNC(=O)C(CO)CCCCCCCCCCCCC)c2ccc(C3CC3)c(c2)-c2cc(ccc2N)CC(C)N1.C=CN. The Hall–Kier alpha value is -4.70. The number of carbonyl (C=O) groups excluding carboxylic acids is 2. The molecule has 10 heteroatoms. The Labute approximate surface area is 350 Å². The van der Waals surface area contributed by atoms with Gasteiger partial charge in [0.2, 0.25) is 11.8 Å². The summed E-state index contributed by atoms with van der Waals surface area (Å²) < 4.78 is 0. The van der Waals surface area contributed by atoms with Gasteiger partial charge in [0.15, 0.2) is 0 Å². The van der Waals surface area contributed by atoms with Gasteiger partial charge in [-0.15, -0.1) is 0 Å². The molecule has 1 aliphatic carbocycles. The maximum Gasteiger partial charge on any atom is 0.239 e. The van der Waals surface area contributed by atoms with Gasteiger partial charge in [0.05, 0.1) is 38.2 Å².